The van der Waals surface area contributed by atoms with Gasteiger partial charge in [0.15, 0.2) is 6.23 Å². The molecule has 4 N–H and O–H groups in total. The Morgan fingerprint density at radius 3 is 2.60 bits per heavy atom. The molecular formula is C16H26N3O9PS. The van der Waals surface area contributed by atoms with Gasteiger partial charge in [-0.05, 0) is 32.6 Å². The van der Waals surface area contributed by atoms with E-state index in [-0.39, 0.29) is 12.7 Å². The standard InChI is InChI=1S/C16H26N3O9PS/c1-8(2)28-29(30,18-9(3)15(23)25-4)26-7-10-12(21)13(22)14(27-10)19-6-5-11(20)17-16(19)24/h5-6,8-10,12-14,21-22H,7H2,1-4H3,(H,18,30)(H,17,20,24)/t9-,10+,12+,13+,14+,29?/m0/s1. The van der Waals surface area contributed by atoms with Crippen molar-refractivity contribution in [2.24, 2.45) is 0 Å². The monoisotopic (exact) mass is 467 g/mol. The first-order chi connectivity index (χ1) is 14.0. The summed E-state index contributed by atoms with van der Waals surface area (Å²) in [6.45, 7) is 1.49. The van der Waals surface area contributed by atoms with Gasteiger partial charge in [0.25, 0.3) is 12.2 Å². The van der Waals surface area contributed by atoms with E-state index in [1.165, 1.54) is 14.0 Å². The zero-order chi connectivity index (χ0) is 22.6. The number of hydrogen-bond acceptors (Lipinski definition) is 10. The summed E-state index contributed by atoms with van der Waals surface area (Å²) in [4.78, 5) is 36.9. The number of ether oxygens (including phenoxy) is 2. The fourth-order valence-corrected chi connectivity index (χ4v) is 5.59. The molecule has 1 fully saturated rings. The molecule has 14 heteroatoms. The summed E-state index contributed by atoms with van der Waals surface area (Å²) in [6, 6.07) is 0.272. The van der Waals surface area contributed by atoms with E-state index >= 15 is 0 Å². The van der Waals surface area contributed by atoms with E-state index < -0.39 is 54.4 Å². The van der Waals surface area contributed by atoms with Crippen molar-refractivity contribution < 1.29 is 33.5 Å². The molecule has 1 unspecified atom stereocenters. The van der Waals surface area contributed by atoms with Gasteiger partial charge in [-0.25, -0.2) is 9.88 Å². The Morgan fingerprint density at radius 2 is 2.03 bits per heavy atom. The summed E-state index contributed by atoms with van der Waals surface area (Å²) >= 11 is 5.44. The molecule has 1 saturated heterocycles. The minimum absolute atomic E-state index is 0.294. The lowest BCUT2D eigenvalue weighted by atomic mass is 10.1. The Labute approximate surface area is 177 Å². The maximum Gasteiger partial charge on any atom is 0.330 e. The van der Waals surface area contributed by atoms with Gasteiger partial charge >= 0.3 is 11.7 Å². The molecule has 1 aliphatic heterocycles. The summed E-state index contributed by atoms with van der Waals surface area (Å²) < 4.78 is 22.5. The highest BCUT2D eigenvalue weighted by molar-refractivity contribution is 8.09. The Kier molecular flexibility index (Phi) is 8.48. The number of aliphatic hydroxyl groups excluding tert-OH is 2. The fourth-order valence-electron chi connectivity index (χ4n) is 2.74. The van der Waals surface area contributed by atoms with Crippen LogP contribution in [0.4, 0.5) is 0 Å². The average molecular weight is 467 g/mol. The van der Waals surface area contributed by atoms with Crippen LogP contribution in [0.3, 0.4) is 0 Å². The van der Waals surface area contributed by atoms with Gasteiger partial charge in [-0.1, -0.05) is 0 Å². The van der Waals surface area contributed by atoms with E-state index in [4.69, 9.17) is 25.6 Å². The number of hydrogen-bond donors (Lipinski definition) is 4. The van der Waals surface area contributed by atoms with Gasteiger partial charge in [-0.15, -0.1) is 0 Å². The second kappa shape index (κ2) is 10.2. The number of nitrogens with zero attached hydrogens (tertiary/aromatic N) is 1. The van der Waals surface area contributed by atoms with Gasteiger partial charge in [0, 0.05) is 12.3 Å². The summed E-state index contributed by atoms with van der Waals surface area (Å²) in [7, 11) is 1.23. The molecule has 0 amide bonds. The first-order valence-electron chi connectivity index (χ1n) is 9.09. The lowest BCUT2D eigenvalue weighted by Crippen LogP contribution is -2.38. The third-order valence-electron chi connectivity index (χ3n) is 4.13. The summed E-state index contributed by atoms with van der Waals surface area (Å²) in [5.41, 5.74) is -1.41. The van der Waals surface area contributed by atoms with E-state index in [9.17, 15) is 24.6 Å². The Morgan fingerprint density at radius 1 is 1.37 bits per heavy atom. The van der Waals surface area contributed by atoms with Gasteiger partial charge in [0.05, 0.1) is 19.8 Å². The summed E-state index contributed by atoms with van der Waals surface area (Å²) in [5.74, 6) is -0.565. The number of methoxy groups -OCH3 is 1. The third kappa shape index (κ3) is 6.05. The van der Waals surface area contributed by atoms with E-state index in [0.717, 1.165) is 16.8 Å². The maximum atomic E-state index is 12.0. The lowest BCUT2D eigenvalue weighted by molar-refractivity contribution is -0.142. The van der Waals surface area contributed by atoms with E-state index in [1.807, 2.05) is 4.98 Å². The molecule has 30 heavy (non-hydrogen) atoms. The first-order valence-corrected chi connectivity index (χ1v) is 11.7. The van der Waals surface area contributed by atoms with Gasteiger partial charge in [-0.3, -0.25) is 19.1 Å². The second-order valence-electron chi connectivity index (χ2n) is 6.89. The zero-order valence-corrected chi connectivity index (χ0v) is 18.6. The van der Waals surface area contributed by atoms with Gasteiger partial charge in [-0.2, -0.15) is 0 Å². The van der Waals surface area contributed by atoms with Crippen molar-refractivity contribution in [2.75, 3.05) is 13.7 Å². The topological polar surface area (TPSA) is 161 Å². The van der Waals surface area contributed by atoms with Crippen LogP contribution in [0.2, 0.25) is 0 Å². The van der Waals surface area contributed by atoms with Crippen LogP contribution in [0.25, 0.3) is 0 Å². The Hall–Kier alpha value is -1.44. The van der Waals surface area contributed by atoms with Crippen LogP contribution in [-0.2, 0) is 35.1 Å². The van der Waals surface area contributed by atoms with Crippen molar-refractivity contribution in [2.45, 2.75) is 57.5 Å². The number of esters is 1. The smallest absolute Gasteiger partial charge is 0.330 e. The minimum Gasteiger partial charge on any atom is -0.468 e. The SMILES string of the molecule is COC(=O)[C@H](C)NP(=S)(OC[C@H]1O[C@@H](n2ccc(=O)[nH]c2=O)[C@H](O)[C@@H]1O)OC(C)C. The van der Waals surface area contributed by atoms with Crippen LogP contribution in [0.15, 0.2) is 21.9 Å². The molecule has 12 nitrogen and oxygen atoms in total. The molecular weight excluding hydrogens is 441 g/mol. The van der Waals surface area contributed by atoms with Crippen molar-refractivity contribution >= 4 is 24.4 Å². The van der Waals surface area contributed by atoms with Crippen molar-refractivity contribution in [1.29, 1.82) is 0 Å². The highest BCUT2D eigenvalue weighted by atomic mass is 32.5. The van der Waals surface area contributed by atoms with Crippen molar-refractivity contribution in [3.05, 3.63) is 33.1 Å². The number of rotatable bonds is 9. The highest BCUT2D eigenvalue weighted by Gasteiger charge is 2.45. The quantitative estimate of drug-likeness (QED) is 0.260. The van der Waals surface area contributed by atoms with Gasteiger partial charge in [0.2, 0.25) is 0 Å². The Balaban J connectivity index is 2.13. The van der Waals surface area contributed by atoms with E-state index in [2.05, 4.69) is 9.82 Å². The number of nitrogens with one attached hydrogen (secondary N) is 2. The largest absolute Gasteiger partial charge is 0.468 e. The van der Waals surface area contributed by atoms with Crippen LogP contribution in [0, 0.1) is 0 Å². The van der Waals surface area contributed by atoms with Crippen molar-refractivity contribution in [3.63, 3.8) is 0 Å². The predicted molar refractivity (Wildman–Crippen MR) is 108 cm³/mol. The zero-order valence-electron chi connectivity index (χ0n) is 16.9. The molecule has 2 rings (SSSR count). The average Bonchev–Trinajstić information content (AvgIpc) is 2.93. The maximum absolute atomic E-state index is 12.0. The van der Waals surface area contributed by atoms with Crippen molar-refractivity contribution in [3.8, 4) is 0 Å². The van der Waals surface area contributed by atoms with E-state index in [0.29, 0.717) is 0 Å². The number of carbonyl (C=O) groups is 1. The molecule has 0 spiro atoms. The molecule has 170 valence electrons. The lowest BCUT2D eigenvalue weighted by Gasteiger charge is -2.28. The third-order valence-corrected chi connectivity index (χ3v) is 6.91. The molecule has 0 aliphatic carbocycles. The molecule has 1 aromatic rings. The van der Waals surface area contributed by atoms with Gasteiger partial charge < -0.3 is 28.7 Å². The van der Waals surface area contributed by atoms with E-state index in [1.54, 1.807) is 13.8 Å². The second-order valence-corrected chi connectivity index (χ2v) is 10.0. The number of carbonyl (C=O) groups excluding carboxylic acids is 1. The molecule has 0 saturated carbocycles. The molecule has 6 atom stereocenters. The number of aromatic amines is 1. The first kappa shape index (κ1) is 24.8. The molecule has 0 radical (unpaired) electrons. The summed E-state index contributed by atoms with van der Waals surface area (Å²) in [6.07, 6.45) is -4.36. The van der Waals surface area contributed by atoms with Crippen LogP contribution in [0.5, 0.6) is 0 Å². The Bertz CT molecular complexity index is 904. The predicted octanol–water partition coefficient (Wildman–Crippen LogP) is -1.03. The minimum atomic E-state index is -3.21. The molecule has 1 aliphatic rings. The summed E-state index contributed by atoms with van der Waals surface area (Å²) in [5, 5.41) is 23.4. The van der Waals surface area contributed by atoms with Gasteiger partial charge in [0.1, 0.15) is 24.4 Å². The molecule has 2 heterocycles. The van der Waals surface area contributed by atoms with Crippen LogP contribution < -0.4 is 16.3 Å². The van der Waals surface area contributed by atoms with Crippen LogP contribution in [-0.4, -0.2) is 69.9 Å². The van der Waals surface area contributed by atoms with Crippen LogP contribution >= 0.6 is 6.64 Å². The van der Waals surface area contributed by atoms with Crippen molar-refractivity contribution in [1.82, 2.24) is 14.6 Å². The number of aromatic nitrogens is 2. The number of H-pyrrole nitrogens is 1. The fraction of sp³-hybridized carbons (Fsp3) is 0.688. The highest BCUT2D eigenvalue weighted by Crippen LogP contribution is 2.47. The van der Waals surface area contributed by atoms with Crippen LogP contribution in [0.1, 0.15) is 27.0 Å². The molecule has 0 aromatic carbocycles. The molecule has 0 bridgehead atoms. The normalized spacial score (nSPS) is 27.0. The number of aliphatic hydroxyl groups is 2. The molecule has 1 aromatic heterocycles.